The second kappa shape index (κ2) is 11.8. The smallest absolute Gasteiger partial charge is 0.335 e. The minimum absolute atomic E-state index is 0.331. The summed E-state index contributed by atoms with van der Waals surface area (Å²) >= 11 is 0. The number of aromatic amines is 1. The fraction of sp³-hybridized carbons (Fsp3) is 0.444. The molecule has 1 aromatic heterocycles. The van der Waals surface area contributed by atoms with Crippen LogP contribution in [-0.2, 0) is 17.7 Å². The lowest BCUT2D eigenvalue weighted by molar-refractivity contribution is 0.0125. The van der Waals surface area contributed by atoms with Gasteiger partial charge in [0.05, 0.1) is 11.7 Å². The number of rotatable bonds is 7. The maximum Gasteiger partial charge on any atom is 0.335 e. The van der Waals surface area contributed by atoms with Crippen LogP contribution in [0.1, 0.15) is 60.2 Å². The molecule has 1 aliphatic rings. The molecule has 2 aromatic carbocycles. The Morgan fingerprint density at radius 1 is 1.16 bits per heavy atom. The highest BCUT2D eigenvalue weighted by Crippen LogP contribution is 2.28. The highest BCUT2D eigenvalue weighted by Gasteiger charge is 2.21. The average molecular weight is 437 g/mol. The number of carboxylic acids is 1. The van der Waals surface area contributed by atoms with Crippen molar-refractivity contribution in [1.82, 2.24) is 9.88 Å². The maximum absolute atomic E-state index is 10.2. The van der Waals surface area contributed by atoms with Crippen molar-refractivity contribution < 1.29 is 14.6 Å². The standard InChI is InChI=1S/C20H30N2O.C7H6O2/c1-4-6-16-13-15(3)20-18(7-10-21-20)19(16)14-22-11-8-17(9-12-22)23-5-2;8-7(9)6-4-2-1-3-5-6/h7,10,13,17,21H,4-6,8-9,11-12,14H2,1-3H3;1-5H,(H,8,9). The number of hydrogen-bond acceptors (Lipinski definition) is 3. The van der Waals surface area contributed by atoms with E-state index in [1.165, 1.54) is 53.3 Å². The van der Waals surface area contributed by atoms with Gasteiger partial charge >= 0.3 is 5.97 Å². The minimum atomic E-state index is -0.879. The molecule has 3 aromatic rings. The molecule has 1 aliphatic heterocycles. The first kappa shape index (κ1) is 24.0. The molecular formula is C27H36N2O3. The topological polar surface area (TPSA) is 65.6 Å². The molecule has 1 fully saturated rings. The average Bonchev–Trinajstić information content (AvgIpc) is 3.30. The first-order valence-corrected chi connectivity index (χ1v) is 11.7. The van der Waals surface area contributed by atoms with E-state index in [0.717, 1.165) is 26.2 Å². The van der Waals surface area contributed by atoms with Crippen LogP contribution in [0.15, 0.2) is 48.7 Å². The number of aromatic nitrogens is 1. The van der Waals surface area contributed by atoms with Crippen LogP contribution in [0.4, 0.5) is 0 Å². The van der Waals surface area contributed by atoms with Crippen LogP contribution < -0.4 is 0 Å². The van der Waals surface area contributed by atoms with Gasteiger partial charge in [0.2, 0.25) is 0 Å². The Morgan fingerprint density at radius 2 is 1.88 bits per heavy atom. The van der Waals surface area contributed by atoms with Crippen molar-refractivity contribution in [1.29, 1.82) is 0 Å². The van der Waals surface area contributed by atoms with Gasteiger partial charge in [-0.25, -0.2) is 4.79 Å². The number of piperidine rings is 1. The number of nitrogens with zero attached hydrogens (tertiary/aromatic N) is 1. The Balaban J connectivity index is 0.000000269. The van der Waals surface area contributed by atoms with Crippen LogP contribution >= 0.6 is 0 Å². The molecule has 0 unspecified atom stereocenters. The third-order valence-electron chi connectivity index (χ3n) is 6.10. The summed E-state index contributed by atoms with van der Waals surface area (Å²) in [6.07, 6.45) is 7.26. The zero-order chi connectivity index (χ0) is 22.9. The van der Waals surface area contributed by atoms with Crippen molar-refractivity contribution in [2.75, 3.05) is 19.7 Å². The van der Waals surface area contributed by atoms with Crippen molar-refractivity contribution >= 4 is 16.9 Å². The van der Waals surface area contributed by atoms with Gasteiger partial charge in [0, 0.05) is 43.3 Å². The molecule has 4 rings (SSSR count). The van der Waals surface area contributed by atoms with E-state index in [-0.39, 0.29) is 0 Å². The van der Waals surface area contributed by atoms with Gasteiger partial charge in [-0.1, -0.05) is 37.6 Å². The van der Waals surface area contributed by atoms with Crippen molar-refractivity contribution in [2.45, 2.75) is 59.1 Å². The monoisotopic (exact) mass is 436 g/mol. The molecule has 2 N–H and O–H groups in total. The van der Waals surface area contributed by atoms with E-state index in [2.05, 4.69) is 49.0 Å². The van der Waals surface area contributed by atoms with Crippen LogP contribution in [0, 0.1) is 6.92 Å². The Labute approximate surface area is 191 Å². The number of H-pyrrole nitrogens is 1. The number of nitrogens with one attached hydrogen (secondary N) is 1. The molecule has 1 saturated heterocycles. The number of aryl methyl sites for hydroxylation is 2. The van der Waals surface area contributed by atoms with E-state index in [4.69, 9.17) is 9.84 Å². The Bertz CT molecular complexity index is 989. The van der Waals surface area contributed by atoms with Gasteiger partial charge < -0.3 is 14.8 Å². The molecule has 32 heavy (non-hydrogen) atoms. The summed E-state index contributed by atoms with van der Waals surface area (Å²) in [7, 11) is 0. The van der Waals surface area contributed by atoms with Crippen LogP contribution in [0.2, 0.25) is 0 Å². The SMILES string of the molecule is CCCc1cc(C)c2[nH]ccc2c1CN1CCC(OCC)CC1.O=C(O)c1ccccc1. The first-order chi connectivity index (χ1) is 15.5. The van der Waals surface area contributed by atoms with E-state index < -0.39 is 5.97 Å². The molecule has 0 saturated carbocycles. The van der Waals surface area contributed by atoms with Gasteiger partial charge in [-0.15, -0.1) is 0 Å². The quantitative estimate of drug-likeness (QED) is 0.490. The lowest BCUT2D eigenvalue weighted by atomic mass is 9.95. The van der Waals surface area contributed by atoms with Crippen LogP contribution in [0.3, 0.4) is 0 Å². The number of hydrogen-bond donors (Lipinski definition) is 2. The second-order valence-electron chi connectivity index (χ2n) is 8.45. The predicted octanol–water partition coefficient (Wildman–Crippen LogP) is 5.81. The number of likely N-dealkylation sites (tertiary alicyclic amines) is 1. The van der Waals surface area contributed by atoms with E-state index in [9.17, 15) is 4.79 Å². The second-order valence-corrected chi connectivity index (χ2v) is 8.45. The summed E-state index contributed by atoms with van der Waals surface area (Å²) in [6.45, 7) is 10.8. The minimum Gasteiger partial charge on any atom is -0.478 e. The molecule has 172 valence electrons. The molecule has 0 aliphatic carbocycles. The number of aromatic carboxylic acids is 1. The Hall–Kier alpha value is -2.63. The van der Waals surface area contributed by atoms with Crippen molar-refractivity contribution in [3.63, 3.8) is 0 Å². The Morgan fingerprint density at radius 3 is 2.47 bits per heavy atom. The largest absolute Gasteiger partial charge is 0.478 e. The fourth-order valence-corrected chi connectivity index (χ4v) is 4.49. The molecule has 0 radical (unpaired) electrons. The fourth-order valence-electron chi connectivity index (χ4n) is 4.49. The summed E-state index contributed by atoms with van der Waals surface area (Å²) in [5, 5.41) is 9.80. The summed E-state index contributed by atoms with van der Waals surface area (Å²) in [5.74, 6) is -0.879. The van der Waals surface area contributed by atoms with E-state index in [0.29, 0.717) is 11.7 Å². The number of fused-ring (bicyclic) bond motifs is 1. The van der Waals surface area contributed by atoms with Gasteiger partial charge in [-0.2, -0.15) is 0 Å². The Kier molecular flexibility index (Phi) is 8.89. The molecule has 0 bridgehead atoms. The van der Waals surface area contributed by atoms with Crippen LogP contribution in [0.5, 0.6) is 0 Å². The highest BCUT2D eigenvalue weighted by molar-refractivity contribution is 5.87. The van der Waals surface area contributed by atoms with Crippen molar-refractivity contribution in [3.8, 4) is 0 Å². The van der Waals surface area contributed by atoms with Crippen LogP contribution in [-0.4, -0.2) is 46.8 Å². The summed E-state index contributed by atoms with van der Waals surface area (Å²) < 4.78 is 5.79. The maximum atomic E-state index is 10.2. The first-order valence-electron chi connectivity index (χ1n) is 11.7. The molecule has 5 nitrogen and oxygen atoms in total. The molecule has 2 heterocycles. The number of carbonyl (C=O) groups is 1. The van der Waals surface area contributed by atoms with Gasteiger partial charge in [0.25, 0.3) is 0 Å². The van der Waals surface area contributed by atoms with E-state index in [1.54, 1.807) is 30.3 Å². The lowest BCUT2D eigenvalue weighted by Gasteiger charge is -2.32. The third-order valence-corrected chi connectivity index (χ3v) is 6.10. The molecule has 0 spiro atoms. The summed E-state index contributed by atoms with van der Waals surface area (Å²) in [4.78, 5) is 16.2. The zero-order valence-electron chi connectivity index (χ0n) is 19.6. The van der Waals surface area contributed by atoms with Crippen molar-refractivity contribution in [2.24, 2.45) is 0 Å². The van der Waals surface area contributed by atoms with Gasteiger partial charge in [-0.05, 0) is 68.0 Å². The number of ether oxygens (including phenoxy) is 1. The zero-order valence-corrected chi connectivity index (χ0v) is 19.6. The molecule has 0 amide bonds. The van der Waals surface area contributed by atoms with Crippen molar-refractivity contribution in [3.05, 3.63) is 70.9 Å². The van der Waals surface area contributed by atoms with Crippen LogP contribution in [0.25, 0.3) is 10.9 Å². The third kappa shape index (κ3) is 6.21. The summed E-state index contributed by atoms with van der Waals surface area (Å²) in [5.41, 5.74) is 6.07. The molecular weight excluding hydrogens is 400 g/mol. The van der Waals surface area contributed by atoms with Gasteiger partial charge in [0.1, 0.15) is 0 Å². The number of carboxylic acid groups (broad SMARTS) is 1. The normalized spacial score (nSPS) is 14.8. The predicted molar refractivity (Wildman–Crippen MR) is 130 cm³/mol. The molecule has 5 heteroatoms. The number of benzene rings is 2. The van der Waals surface area contributed by atoms with Gasteiger partial charge in [-0.3, -0.25) is 4.90 Å². The van der Waals surface area contributed by atoms with E-state index in [1.807, 2.05) is 0 Å². The summed E-state index contributed by atoms with van der Waals surface area (Å²) in [6, 6.07) is 12.9. The van der Waals surface area contributed by atoms with E-state index >= 15 is 0 Å². The highest BCUT2D eigenvalue weighted by atomic mass is 16.5. The molecule has 0 atom stereocenters. The lowest BCUT2D eigenvalue weighted by Crippen LogP contribution is -2.36. The van der Waals surface area contributed by atoms with Gasteiger partial charge in [0.15, 0.2) is 0 Å².